The highest BCUT2D eigenvalue weighted by molar-refractivity contribution is 6.32. The number of ether oxygens (including phenoxy) is 1. The molecule has 0 amide bonds. The fourth-order valence-corrected chi connectivity index (χ4v) is 1.97. The van der Waals surface area contributed by atoms with Crippen molar-refractivity contribution in [2.45, 2.75) is 24.9 Å². The Kier molecular flexibility index (Phi) is 3.12. The summed E-state index contributed by atoms with van der Waals surface area (Å²) in [5.41, 5.74) is 0.000844. The van der Waals surface area contributed by atoms with E-state index in [-0.39, 0.29) is 5.60 Å². The summed E-state index contributed by atoms with van der Waals surface area (Å²) in [6.45, 7) is 0.778. The molecule has 0 aliphatic heterocycles. The number of nitrogens with zero attached hydrogens (tertiary/aromatic N) is 1. The van der Waals surface area contributed by atoms with E-state index in [1.165, 1.54) is 6.42 Å². The molecule has 0 unspecified atom stereocenters. The second-order valence-corrected chi connectivity index (χ2v) is 4.34. The molecule has 1 N–H and O–H groups in total. The predicted molar refractivity (Wildman–Crippen MR) is 61.3 cm³/mol. The Morgan fingerprint density at radius 1 is 1.60 bits per heavy atom. The summed E-state index contributed by atoms with van der Waals surface area (Å²) < 4.78 is 5.50. The van der Waals surface area contributed by atoms with Crippen molar-refractivity contribution in [2.75, 3.05) is 19.0 Å². The van der Waals surface area contributed by atoms with E-state index in [9.17, 15) is 0 Å². The van der Waals surface area contributed by atoms with Crippen molar-refractivity contribution in [3.63, 3.8) is 0 Å². The lowest BCUT2D eigenvalue weighted by atomic mass is 9.80. The second-order valence-electron chi connectivity index (χ2n) is 3.93. The van der Waals surface area contributed by atoms with Crippen molar-refractivity contribution >= 4 is 17.4 Å². The molecule has 82 valence electrons. The number of methoxy groups -OCH3 is 1. The van der Waals surface area contributed by atoms with Crippen molar-refractivity contribution in [2.24, 2.45) is 0 Å². The van der Waals surface area contributed by atoms with E-state index < -0.39 is 0 Å². The molecule has 1 aliphatic carbocycles. The van der Waals surface area contributed by atoms with Crippen LogP contribution in [0.5, 0.6) is 0 Å². The van der Waals surface area contributed by atoms with E-state index in [1.54, 1.807) is 13.3 Å². The fourth-order valence-electron chi connectivity index (χ4n) is 1.78. The zero-order valence-electron chi connectivity index (χ0n) is 8.79. The maximum Gasteiger partial charge on any atom is 0.144 e. The van der Waals surface area contributed by atoms with Gasteiger partial charge in [0.05, 0.1) is 10.6 Å². The van der Waals surface area contributed by atoms with Crippen LogP contribution < -0.4 is 5.32 Å². The van der Waals surface area contributed by atoms with Crippen LogP contribution in [-0.2, 0) is 4.74 Å². The topological polar surface area (TPSA) is 34.1 Å². The third-order valence-electron chi connectivity index (χ3n) is 3.03. The Balaban J connectivity index is 1.95. The molecule has 15 heavy (non-hydrogen) atoms. The van der Waals surface area contributed by atoms with Crippen LogP contribution in [0.3, 0.4) is 0 Å². The molecule has 1 aromatic heterocycles. The average molecular weight is 227 g/mol. The van der Waals surface area contributed by atoms with Crippen molar-refractivity contribution in [3.05, 3.63) is 23.4 Å². The average Bonchev–Trinajstić information content (AvgIpc) is 2.19. The maximum absolute atomic E-state index is 5.99. The van der Waals surface area contributed by atoms with Gasteiger partial charge in [-0.1, -0.05) is 11.6 Å². The summed E-state index contributed by atoms with van der Waals surface area (Å²) in [5, 5.41) is 3.89. The molecule has 0 radical (unpaired) electrons. The number of nitrogens with one attached hydrogen (secondary N) is 1. The third-order valence-corrected chi connectivity index (χ3v) is 3.34. The molecule has 1 aliphatic rings. The summed E-state index contributed by atoms with van der Waals surface area (Å²) in [4.78, 5) is 4.18. The van der Waals surface area contributed by atoms with Crippen LogP contribution >= 0.6 is 11.6 Å². The number of rotatable bonds is 4. The van der Waals surface area contributed by atoms with E-state index in [1.807, 2.05) is 12.1 Å². The SMILES string of the molecule is COC1(CNc2ncccc2Cl)CCC1. The van der Waals surface area contributed by atoms with E-state index in [0.29, 0.717) is 5.02 Å². The van der Waals surface area contributed by atoms with Crippen LogP contribution in [0, 0.1) is 0 Å². The van der Waals surface area contributed by atoms with Crippen LogP contribution in [-0.4, -0.2) is 24.2 Å². The zero-order valence-corrected chi connectivity index (χ0v) is 9.55. The molecular weight excluding hydrogens is 212 g/mol. The predicted octanol–water partition coefficient (Wildman–Crippen LogP) is 2.72. The van der Waals surface area contributed by atoms with Crippen molar-refractivity contribution in [1.82, 2.24) is 4.98 Å². The van der Waals surface area contributed by atoms with Crippen molar-refractivity contribution in [3.8, 4) is 0 Å². The number of anilines is 1. The monoisotopic (exact) mass is 226 g/mol. The number of hydrogen-bond donors (Lipinski definition) is 1. The van der Waals surface area contributed by atoms with Gasteiger partial charge in [-0.05, 0) is 31.4 Å². The van der Waals surface area contributed by atoms with Crippen LogP contribution in [0.4, 0.5) is 5.82 Å². The lowest BCUT2D eigenvalue weighted by molar-refractivity contribution is -0.0601. The first-order valence-corrected chi connectivity index (χ1v) is 5.53. The van der Waals surface area contributed by atoms with Crippen LogP contribution in [0.1, 0.15) is 19.3 Å². The van der Waals surface area contributed by atoms with E-state index in [2.05, 4.69) is 10.3 Å². The van der Waals surface area contributed by atoms with Gasteiger partial charge in [0.2, 0.25) is 0 Å². The first-order chi connectivity index (χ1) is 7.26. The highest BCUT2D eigenvalue weighted by atomic mass is 35.5. The Morgan fingerprint density at radius 3 is 2.93 bits per heavy atom. The molecule has 1 fully saturated rings. The molecule has 0 saturated heterocycles. The Hall–Kier alpha value is -0.800. The van der Waals surface area contributed by atoms with Gasteiger partial charge in [0.1, 0.15) is 5.82 Å². The molecule has 1 heterocycles. The Labute approximate surface area is 94.8 Å². The molecule has 0 spiro atoms. The van der Waals surface area contributed by atoms with E-state index in [0.717, 1.165) is 25.2 Å². The molecule has 0 aromatic carbocycles. The van der Waals surface area contributed by atoms with Gasteiger partial charge in [-0.25, -0.2) is 4.98 Å². The van der Waals surface area contributed by atoms with Gasteiger partial charge in [0.15, 0.2) is 0 Å². The molecule has 2 rings (SSSR count). The summed E-state index contributed by atoms with van der Waals surface area (Å²) in [7, 11) is 1.76. The highest BCUT2D eigenvalue weighted by Gasteiger charge is 2.36. The number of halogens is 1. The lowest BCUT2D eigenvalue weighted by Crippen LogP contribution is -2.45. The molecule has 0 bridgehead atoms. The summed E-state index contributed by atoms with van der Waals surface area (Å²) in [6.07, 6.45) is 5.20. The first-order valence-electron chi connectivity index (χ1n) is 5.15. The second kappa shape index (κ2) is 4.37. The van der Waals surface area contributed by atoms with Crippen LogP contribution in [0.2, 0.25) is 5.02 Å². The van der Waals surface area contributed by atoms with Gasteiger partial charge >= 0.3 is 0 Å². The van der Waals surface area contributed by atoms with Gasteiger partial charge in [0.25, 0.3) is 0 Å². The fraction of sp³-hybridized carbons (Fsp3) is 0.545. The smallest absolute Gasteiger partial charge is 0.144 e. The summed E-state index contributed by atoms with van der Waals surface area (Å²) in [6, 6.07) is 3.65. The summed E-state index contributed by atoms with van der Waals surface area (Å²) >= 11 is 5.99. The minimum Gasteiger partial charge on any atom is -0.376 e. The normalized spacial score (nSPS) is 18.3. The lowest BCUT2D eigenvalue weighted by Gasteiger charge is -2.40. The third kappa shape index (κ3) is 2.24. The quantitative estimate of drug-likeness (QED) is 0.857. The van der Waals surface area contributed by atoms with Gasteiger partial charge in [0, 0.05) is 19.9 Å². The molecule has 0 atom stereocenters. The number of aromatic nitrogens is 1. The minimum atomic E-state index is 0.000844. The largest absolute Gasteiger partial charge is 0.376 e. The number of pyridine rings is 1. The van der Waals surface area contributed by atoms with Crippen LogP contribution in [0.25, 0.3) is 0 Å². The standard InChI is InChI=1S/C11H15ClN2O/c1-15-11(5-3-6-11)8-14-10-9(12)4-2-7-13-10/h2,4,7H,3,5-6,8H2,1H3,(H,13,14). The van der Waals surface area contributed by atoms with Gasteiger partial charge in [-0.15, -0.1) is 0 Å². The highest BCUT2D eigenvalue weighted by Crippen LogP contribution is 2.35. The molecule has 1 aromatic rings. The van der Waals surface area contributed by atoms with E-state index >= 15 is 0 Å². The molecule has 3 nitrogen and oxygen atoms in total. The van der Waals surface area contributed by atoms with Gasteiger partial charge in [-0.3, -0.25) is 0 Å². The first kappa shape index (κ1) is 10.7. The maximum atomic E-state index is 5.99. The molecular formula is C11H15ClN2O. The number of hydrogen-bond acceptors (Lipinski definition) is 3. The molecule has 1 saturated carbocycles. The minimum absolute atomic E-state index is 0.000844. The van der Waals surface area contributed by atoms with Gasteiger partial charge < -0.3 is 10.1 Å². The Morgan fingerprint density at radius 2 is 2.40 bits per heavy atom. The van der Waals surface area contributed by atoms with Crippen molar-refractivity contribution in [1.29, 1.82) is 0 Å². The van der Waals surface area contributed by atoms with Crippen LogP contribution in [0.15, 0.2) is 18.3 Å². The van der Waals surface area contributed by atoms with Crippen molar-refractivity contribution < 1.29 is 4.74 Å². The Bertz CT molecular complexity index is 334. The zero-order chi connectivity index (χ0) is 10.7. The molecule has 4 heteroatoms. The van der Waals surface area contributed by atoms with Gasteiger partial charge in [-0.2, -0.15) is 0 Å². The van der Waals surface area contributed by atoms with E-state index in [4.69, 9.17) is 16.3 Å². The summed E-state index contributed by atoms with van der Waals surface area (Å²) in [5.74, 6) is 0.738.